The molecule has 0 unspecified atom stereocenters. The fraction of sp³-hybridized carbons (Fsp3) is 0.500. The number of carbonyl (C=O) groups excluding carboxylic acids is 2. The Bertz CT molecular complexity index is 596. The molecule has 0 aromatic heterocycles. The van der Waals surface area contributed by atoms with Gasteiger partial charge in [-0.15, -0.1) is 0 Å². The van der Waals surface area contributed by atoms with E-state index in [1.54, 1.807) is 0 Å². The predicted octanol–water partition coefficient (Wildman–Crippen LogP) is 1.11. The summed E-state index contributed by atoms with van der Waals surface area (Å²) in [5.74, 6) is -0.886. The summed E-state index contributed by atoms with van der Waals surface area (Å²) in [7, 11) is 1.34. The van der Waals surface area contributed by atoms with Crippen molar-refractivity contribution in [3.05, 3.63) is 29.8 Å². The highest BCUT2D eigenvalue weighted by Gasteiger charge is 2.34. The van der Waals surface area contributed by atoms with Crippen LogP contribution in [-0.2, 0) is 20.5 Å². The van der Waals surface area contributed by atoms with Gasteiger partial charge in [-0.3, -0.25) is 9.59 Å². The topological polar surface area (TPSA) is 59.8 Å². The van der Waals surface area contributed by atoms with Crippen LogP contribution >= 0.6 is 0 Å². The molecule has 1 aromatic rings. The zero-order valence-corrected chi connectivity index (χ0v) is 13.3. The molecule has 0 bridgehead atoms. The average molecular weight is 345 g/mol. The number of likely N-dealkylation sites (tertiary alicyclic amines) is 1. The van der Waals surface area contributed by atoms with Crippen molar-refractivity contribution < 1.29 is 32.4 Å². The van der Waals surface area contributed by atoms with E-state index < -0.39 is 17.6 Å². The summed E-state index contributed by atoms with van der Waals surface area (Å²) < 4.78 is 43.4. The summed E-state index contributed by atoms with van der Waals surface area (Å²) in [6.45, 7) is 1.28. The van der Waals surface area contributed by atoms with Gasteiger partial charge in [0.15, 0.2) is 6.54 Å². The Kier molecular flexibility index (Phi) is 5.82. The number of rotatable bonds is 4. The van der Waals surface area contributed by atoms with Gasteiger partial charge >= 0.3 is 12.1 Å². The summed E-state index contributed by atoms with van der Waals surface area (Å²) in [4.78, 5) is 24.4. The lowest BCUT2D eigenvalue weighted by Crippen LogP contribution is -3.14. The number of hydrogen-bond acceptors (Lipinski definition) is 3. The highest BCUT2D eigenvalue weighted by Crippen LogP contribution is 2.34. The number of anilines is 1. The van der Waals surface area contributed by atoms with Crippen LogP contribution in [0.4, 0.5) is 18.9 Å². The monoisotopic (exact) mass is 345 g/mol. The number of esters is 1. The second-order valence-corrected chi connectivity index (χ2v) is 5.82. The smallest absolute Gasteiger partial charge is 0.418 e. The highest BCUT2D eigenvalue weighted by atomic mass is 19.4. The first-order chi connectivity index (χ1) is 11.3. The van der Waals surface area contributed by atoms with Crippen molar-refractivity contribution in [2.75, 3.05) is 32.1 Å². The number of alkyl halides is 3. The Morgan fingerprint density at radius 3 is 2.46 bits per heavy atom. The lowest BCUT2D eigenvalue weighted by molar-refractivity contribution is -0.897. The minimum atomic E-state index is -4.52. The normalized spacial score (nSPS) is 21.2. The molecule has 1 aliphatic rings. The van der Waals surface area contributed by atoms with E-state index in [0.717, 1.165) is 11.0 Å². The molecule has 132 valence electrons. The van der Waals surface area contributed by atoms with Crippen molar-refractivity contribution in [3.63, 3.8) is 0 Å². The number of hydrogen-bond donors (Lipinski definition) is 2. The molecule has 0 atom stereocenters. The molecule has 1 aromatic carbocycles. The highest BCUT2D eigenvalue weighted by molar-refractivity contribution is 5.92. The molecule has 8 heteroatoms. The van der Waals surface area contributed by atoms with Crippen LogP contribution < -0.4 is 10.2 Å². The number of para-hydroxylation sites is 1. The van der Waals surface area contributed by atoms with Crippen LogP contribution in [0.25, 0.3) is 0 Å². The number of methoxy groups -OCH3 is 1. The molecule has 0 aliphatic carbocycles. The van der Waals surface area contributed by atoms with Gasteiger partial charge in [0.1, 0.15) is 0 Å². The van der Waals surface area contributed by atoms with Gasteiger partial charge in [0.25, 0.3) is 5.91 Å². The van der Waals surface area contributed by atoms with E-state index >= 15 is 0 Å². The van der Waals surface area contributed by atoms with Crippen molar-refractivity contribution in [1.29, 1.82) is 0 Å². The van der Waals surface area contributed by atoms with Gasteiger partial charge in [-0.1, -0.05) is 12.1 Å². The van der Waals surface area contributed by atoms with Crippen LogP contribution in [0.5, 0.6) is 0 Å². The largest absolute Gasteiger partial charge is 0.469 e. The number of nitrogens with one attached hydrogen (secondary N) is 2. The van der Waals surface area contributed by atoms with Crippen LogP contribution in [0.2, 0.25) is 0 Å². The maximum atomic E-state index is 12.9. The van der Waals surface area contributed by atoms with Gasteiger partial charge in [-0.2, -0.15) is 13.2 Å². The number of amides is 1. The Morgan fingerprint density at radius 1 is 1.25 bits per heavy atom. The lowest BCUT2D eigenvalue weighted by Gasteiger charge is -2.27. The van der Waals surface area contributed by atoms with Gasteiger partial charge in [0.2, 0.25) is 0 Å². The Morgan fingerprint density at radius 2 is 1.88 bits per heavy atom. The van der Waals surface area contributed by atoms with E-state index in [2.05, 4.69) is 5.32 Å². The van der Waals surface area contributed by atoms with Crippen LogP contribution in [0, 0.1) is 5.92 Å². The molecular formula is C16H20F3N2O3+. The molecule has 1 amide bonds. The minimum absolute atomic E-state index is 0.0695. The molecule has 0 radical (unpaired) electrons. The van der Waals surface area contributed by atoms with E-state index in [1.165, 1.54) is 25.3 Å². The molecular weight excluding hydrogens is 325 g/mol. The van der Waals surface area contributed by atoms with Crippen molar-refractivity contribution in [2.45, 2.75) is 19.0 Å². The maximum Gasteiger partial charge on any atom is 0.418 e. The number of halogens is 3. The fourth-order valence-electron chi connectivity index (χ4n) is 2.87. The summed E-state index contributed by atoms with van der Waals surface area (Å²) in [5.41, 5.74) is -1.10. The van der Waals surface area contributed by atoms with E-state index in [1.807, 2.05) is 0 Å². The molecule has 24 heavy (non-hydrogen) atoms. The van der Waals surface area contributed by atoms with Crippen molar-refractivity contribution >= 4 is 17.6 Å². The number of carbonyl (C=O) groups is 2. The third-order valence-electron chi connectivity index (χ3n) is 4.14. The zero-order valence-electron chi connectivity index (χ0n) is 13.3. The number of quaternary nitrogens is 1. The van der Waals surface area contributed by atoms with E-state index in [9.17, 15) is 22.8 Å². The summed E-state index contributed by atoms with van der Waals surface area (Å²) in [5, 5.41) is 2.34. The Labute approximate surface area is 137 Å². The van der Waals surface area contributed by atoms with Gasteiger partial charge in [0.05, 0.1) is 37.4 Å². The van der Waals surface area contributed by atoms with Crippen molar-refractivity contribution in [2.24, 2.45) is 5.92 Å². The molecule has 0 spiro atoms. The van der Waals surface area contributed by atoms with Gasteiger partial charge < -0.3 is 15.0 Å². The Hall–Kier alpha value is -2.09. The van der Waals surface area contributed by atoms with E-state index in [4.69, 9.17) is 4.74 Å². The minimum Gasteiger partial charge on any atom is -0.469 e. The molecule has 1 aliphatic heterocycles. The SMILES string of the molecule is COC(=O)C1CC[NH+](CC(=O)Nc2ccccc2C(F)(F)F)CC1. The fourth-order valence-corrected chi connectivity index (χ4v) is 2.87. The van der Waals surface area contributed by atoms with Crippen LogP contribution in [0.15, 0.2) is 24.3 Å². The predicted molar refractivity (Wildman–Crippen MR) is 80.4 cm³/mol. The second kappa shape index (κ2) is 7.65. The number of benzene rings is 1. The molecule has 1 heterocycles. The average Bonchev–Trinajstić information content (AvgIpc) is 2.54. The third kappa shape index (κ3) is 4.70. The summed E-state index contributed by atoms with van der Waals surface area (Å²) >= 11 is 0. The molecule has 1 saturated heterocycles. The van der Waals surface area contributed by atoms with E-state index in [-0.39, 0.29) is 24.1 Å². The molecule has 1 fully saturated rings. The molecule has 2 N–H and O–H groups in total. The van der Waals surface area contributed by atoms with Crippen LogP contribution in [-0.4, -0.2) is 38.6 Å². The van der Waals surface area contributed by atoms with Crippen molar-refractivity contribution in [3.8, 4) is 0 Å². The van der Waals surface area contributed by atoms with Crippen LogP contribution in [0.3, 0.4) is 0 Å². The first-order valence-corrected chi connectivity index (χ1v) is 7.68. The second-order valence-electron chi connectivity index (χ2n) is 5.82. The number of ether oxygens (including phenoxy) is 1. The zero-order chi connectivity index (χ0) is 17.7. The summed E-state index contributed by atoms with van der Waals surface area (Å²) in [6, 6.07) is 4.89. The maximum absolute atomic E-state index is 12.9. The van der Waals surface area contributed by atoms with Gasteiger partial charge in [-0.05, 0) is 12.1 Å². The first-order valence-electron chi connectivity index (χ1n) is 7.68. The number of piperidine rings is 1. The quantitative estimate of drug-likeness (QED) is 0.804. The third-order valence-corrected chi connectivity index (χ3v) is 4.14. The molecule has 5 nitrogen and oxygen atoms in total. The van der Waals surface area contributed by atoms with E-state index in [0.29, 0.717) is 25.9 Å². The van der Waals surface area contributed by atoms with Gasteiger partial charge in [-0.25, -0.2) is 0 Å². The standard InChI is InChI=1S/C16H19F3N2O3/c1-24-15(23)11-6-8-21(9-7-11)10-14(22)20-13-5-3-2-4-12(13)16(17,18)19/h2-5,11H,6-10H2,1H3,(H,20,22)/p+1. The van der Waals surface area contributed by atoms with Gasteiger partial charge in [0, 0.05) is 12.8 Å². The molecule has 0 saturated carbocycles. The van der Waals surface area contributed by atoms with Crippen molar-refractivity contribution in [1.82, 2.24) is 0 Å². The first kappa shape index (κ1) is 18.3. The van der Waals surface area contributed by atoms with Crippen LogP contribution in [0.1, 0.15) is 18.4 Å². The molecule has 2 rings (SSSR count). The lowest BCUT2D eigenvalue weighted by atomic mass is 9.97. The Balaban J connectivity index is 1.90. The summed E-state index contributed by atoms with van der Waals surface area (Å²) in [6.07, 6.45) is -3.31.